The van der Waals surface area contributed by atoms with Gasteiger partial charge in [0.05, 0.1) is 6.54 Å². The van der Waals surface area contributed by atoms with E-state index in [9.17, 15) is 9.59 Å². The van der Waals surface area contributed by atoms with Crippen molar-refractivity contribution in [3.63, 3.8) is 0 Å². The second kappa shape index (κ2) is 3.74. The highest BCUT2D eigenvalue weighted by Gasteiger charge is 2.43. The number of piperazine rings is 1. The average Bonchev–Trinajstić information content (AvgIpc) is 2.44. The maximum atomic E-state index is 11.6. The molecule has 2 aliphatic heterocycles. The maximum Gasteiger partial charge on any atom is 0.245 e. The van der Waals surface area contributed by atoms with Crippen molar-refractivity contribution < 1.29 is 9.59 Å². The number of nitrogens with zero attached hydrogens (tertiary/aromatic N) is 2. The molecule has 0 bridgehead atoms. The first-order chi connectivity index (χ1) is 6.09. The topological polar surface area (TPSA) is 66.6 Å². The van der Waals surface area contributed by atoms with E-state index in [4.69, 9.17) is 5.73 Å². The lowest BCUT2D eigenvalue weighted by molar-refractivity contribution is -0.152. The van der Waals surface area contributed by atoms with Gasteiger partial charge in [-0.05, 0) is 6.42 Å². The van der Waals surface area contributed by atoms with Crippen LogP contribution < -0.4 is 5.73 Å². The number of halogens is 1. The highest BCUT2D eigenvalue weighted by Crippen LogP contribution is 2.21. The molecule has 5 nitrogen and oxygen atoms in total. The lowest BCUT2D eigenvalue weighted by Crippen LogP contribution is -2.55. The van der Waals surface area contributed by atoms with Crippen molar-refractivity contribution in [1.82, 2.24) is 9.80 Å². The van der Waals surface area contributed by atoms with Crippen LogP contribution in [0.15, 0.2) is 0 Å². The van der Waals surface area contributed by atoms with Crippen LogP contribution in [-0.2, 0) is 9.59 Å². The van der Waals surface area contributed by atoms with Gasteiger partial charge in [0.15, 0.2) is 0 Å². The van der Waals surface area contributed by atoms with Crippen LogP contribution in [0.4, 0.5) is 0 Å². The molecule has 2 N–H and O–H groups in total. The van der Waals surface area contributed by atoms with E-state index in [0.717, 1.165) is 0 Å². The molecule has 2 heterocycles. The van der Waals surface area contributed by atoms with Crippen LogP contribution in [0.1, 0.15) is 6.42 Å². The average molecular weight is 220 g/mol. The molecule has 2 atom stereocenters. The van der Waals surface area contributed by atoms with Gasteiger partial charge in [-0.3, -0.25) is 9.59 Å². The van der Waals surface area contributed by atoms with Gasteiger partial charge >= 0.3 is 0 Å². The number of hydrogen-bond acceptors (Lipinski definition) is 3. The van der Waals surface area contributed by atoms with Crippen LogP contribution in [0.3, 0.4) is 0 Å². The number of likely N-dealkylation sites (N-methyl/N-ethyl adjacent to an activating group) is 1. The van der Waals surface area contributed by atoms with E-state index in [1.54, 1.807) is 11.9 Å². The van der Waals surface area contributed by atoms with Gasteiger partial charge in [0.1, 0.15) is 6.04 Å². The van der Waals surface area contributed by atoms with Gasteiger partial charge in [-0.25, -0.2) is 0 Å². The summed E-state index contributed by atoms with van der Waals surface area (Å²) in [5.41, 5.74) is 5.70. The highest BCUT2D eigenvalue weighted by molar-refractivity contribution is 5.95. The van der Waals surface area contributed by atoms with Crippen LogP contribution in [0, 0.1) is 0 Å². The minimum absolute atomic E-state index is 0. The van der Waals surface area contributed by atoms with Gasteiger partial charge in [0.2, 0.25) is 11.8 Å². The molecule has 2 fully saturated rings. The van der Waals surface area contributed by atoms with Crippen molar-refractivity contribution >= 4 is 24.2 Å². The molecule has 0 aromatic heterocycles. The number of fused-ring (bicyclic) bond motifs is 1. The predicted octanol–water partition coefficient (Wildman–Crippen LogP) is -1.19. The third kappa shape index (κ3) is 1.57. The number of hydrogen-bond donors (Lipinski definition) is 1. The van der Waals surface area contributed by atoms with E-state index in [1.165, 1.54) is 4.90 Å². The Kier molecular flexibility index (Phi) is 3.01. The Balaban J connectivity index is 0.000000980. The zero-order valence-electron chi connectivity index (χ0n) is 7.97. The van der Waals surface area contributed by atoms with Crippen molar-refractivity contribution in [3.05, 3.63) is 0 Å². The summed E-state index contributed by atoms with van der Waals surface area (Å²) in [7, 11) is 1.65. The molecule has 80 valence electrons. The Morgan fingerprint density at radius 3 is 2.71 bits per heavy atom. The van der Waals surface area contributed by atoms with E-state index in [-0.39, 0.29) is 42.8 Å². The summed E-state index contributed by atoms with van der Waals surface area (Å²) < 4.78 is 0. The molecule has 2 saturated heterocycles. The number of nitrogens with two attached hydrogens (primary N) is 1. The van der Waals surface area contributed by atoms with E-state index in [2.05, 4.69) is 0 Å². The van der Waals surface area contributed by atoms with Crippen molar-refractivity contribution in [2.45, 2.75) is 18.5 Å². The molecule has 0 aliphatic carbocycles. The first-order valence-corrected chi connectivity index (χ1v) is 4.39. The van der Waals surface area contributed by atoms with Gasteiger partial charge in [-0.1, -0.05) is 0 Å². The first kappa shape index (κ1) is 11.3. The maximum absolute atomic E-state index is 11.6. The second-order valence-electron chi connectivity index (χ2n) is 3.75. The van der Waals surface area contributed by atoms with E-state index in [1.807, 2.05) is 0 Å². The molecule has 0 aromatic carbocycles. The summed E-state index contributed by atoms with van der Waals surface area (Å²) in [6.45, 7) is 0.727. The molecule has 14 heavy (non-hydrogen) atoms. The zero-order valence-corrected chi connectivity index (χ0v) is 8.79. The van der Waals surface area contributed by atoms with Crippen molar-refractivity contribution in [2.24, 2.45) is 5.73 Å². The molecule has 2 aliphatic rings. The Bertz CT molecular complexity index is 271. The van der Waals surface area contributed by atoms with Crippen LogP contribution in [0.5, 0.6) is 0 Å². The Labute approximate surface area is 88.6 Å². The summed E-state index contributed by atoms with van der Waals surface area (Å²) in [5, 5.41) is 0. The van der Waals surface area contributed by atoms with Crippen molar-refractivity contribution in [2.75, 3.05) is 20.1 Å². The summed E-state index contributed by atoms with van der Waals surface area (Å²) in [6, 6.07) is -0.328. The monoisotopic (exact) mass is 219 g/mol. The van der Waals surface area contributed by atoms with Gasteiger partial charge in [0, 0.05) is 19.6 Å². The predicted molar refractivity (Wildman–Crippen MR) is 53.0 cm³/mol. The number of carbonyl (C=O) groups excluding carboxylic acids is 2. The lowest BCUT2D eigenvalue weighted by Gasteiger charge is -2.33. The Morgan fingerprint density at radius 1 is 1.43 bits per heavy atom. The largest absolute Gasteiger partial charge is 0.335 e. The van der Waals surface area contributed by atoms with E-state index >= 15 is 0 Å². The molecule has 0 aromatic rings. The fraction of sp³-hybridized carbons (Fsp3) is 0.750. The molecule has 0 spiro atoms. The summed E-state index contributed by atoms with van der Waals surface area (Å²) >= 11 is 0. The van der Waals surface area contributed by atoms with Gasteiger partial charge < -0.3 is 15.5 Å². The summed E-state index contributed by atoms with van der Waals surface area (Å²) in [6.07, 6.45) is 0.606. The highest BCUT2D eigenvalue weighted by atomic mass is 35.5. The zero-order chi connectivity index (χ0) is 9.59. The smallest absolute Gasteiger partial charge is 0.245 e. The molecule has 0 radical (unpaired) electrons. The van der Waals surface area contributed by atoms with E-state index in [0.29, 0.717) is 13.0 Å². The Morgan fingerprint density at radius 2 is 2.07 bits per heavy atom. The lowest BCUT2D eigenvalue weighted by atomic mass is 10.1. The summed E-state index contributed by atoms with van der Waals surface area (Å²) in [5.74, 6) is 0.0348. The van der Waals surface area contributed by atoms with Crippen LogP contribution >= 0.6 is 12.4 Å². The minimum atomic E-state index is -0.291. The third-order valence-corrected chi connectivity index (χ3v) is 2.69. The fourth-order valence-corrected chi connectivity index (χ4v) is 2.00. The Hall–Kier alpha value is -0.810. The standard InChI is InChI=1S/C8H13N3O2.ClH/c1-10-4-7(12)11-3-5(9)2-6(11)8(10)13;/h5-6H,2-4,9H2,1H3;1H/t5-,6+;/m1./s1. The van der Waals surface area contributed by atoms with Gasteiger partial charge in [-0.2, -0.15) is 0 Å². The van der Waals surface area contributed by atoms with Crippen LogP contribution in [0.2, 0.25) is 0 Å². The summed E-state index contributed by atoms with van der Waals surface area (Å²) in [4.78, 5) is 26.1. The number of amides is 2. The van der Waals surface area contributed by atoms with Crippen LogP contribution in [0.25, 0.3) is 0 Å². The SMILES string of the molecule is CN1CC(=O)N2C[C@H](N)C[C@H]2C1=O.Cl. The normalized spacial score (nSPS) is 31.6. The molecular formula is C8H14ClN3O2. The molecule has 2 rings (SSSR count). The first-order valence-electron chi connectivity index (χ1n) is 4.39. The molecule has 2 amide bonds. The second-order valence-corrected chi connectivity index (χ2v) is 3.75. The molecule has 0 saturated carbocycles. The van der Waals surface area contributed by atoms with Gasteiger partial charge in [-0.15, -0.1) is 12.4 Å². The third-order valence-electron chi connectivity index (χ3n) is 2.69. The molecule has 6 heteroatoms. The van der Waals surface area contributed by atoms with Crippen molar-refractivity contribution in [1.29, 1.82) is 0 Å². The van der Waals surface area contributed by atoms with Gasteiger partial charge in [0.25, 0.3) is 0 Å². The molecule has 0 unspecified atom stereocenters. The minimum Gasteiger partial charge on any atom is -0.335 e. The molecular weight excluding hydrogens is 206 g/mol. The number of carbonyl (C=O) groups is 2. The quantitative estimate of drug-likeness (QED) is 0.557. The van der Waals surface area contributed by atoms with Crippen LogP contribution in [-0.4, -0.2) is 53.8 Å². The fourth-order valence-electron chi connectivity index (χ4n) is 2.00. The number of rotatable bonds is 0. The van der Waals surface area contributed by atoms with Crippen molar-refractivity contribution in [3.8, 4) is 0 Å². The van der Waals surface area contributed by atoms with E-state index < -0.39 is 0 Å².